The van der Waals surface area contributed by atoms with Crippen LogP contribution in [0, 0.1) is 5.82 Å². The standard InChI is InChI=1S/C33H32ClFN6O/c1-24-25(23-39-17-19-40(20-18-39)30-13-11-29(35)12-14-30)21-33(26-5-3-2-4-6-26,27-7-9-28(34)10-8-27)41(24)38-32(42)31-22-36-15-16-37-31/h2-16,22H,17-21,23H2,1H3,(H,38,42). The van der Waals surface area contributed by atoms with Crippen molar-refractivity contribution >= 4 is 23.2 Å². The van der Waals surface area contributed by atoms with Crippen LogP contribution in [0.1, 0.15) is 35.0 Å². The van der Waals surface area contributed by atoms with Gasteiger partial charge in [0.05, 0.1) is 6.20 Å². The second-order valence-electron chi connectivity index (χ2n) is 10.7. The van der Waals surface area contributed by atoms with Gasteiger partial charge in [0.2, 0.25) is 0 Å². The number of amides is 1. The van der Waals surface area contributed by atoms with Gasteiger partial charge in [0.25, 0.3) is 5.91 Å². The van der Waals surface area contributed by atoms with Crippen molar-refractivity contribution in [1.82, 2.24) is 25.3 Å². The smallest absolute Gasteiger partial charge is 0.290 e. The second-order valence-corrected chi connectivity index (χ2v) is 11.1. The number of hydrogen-bond acceptors (Lipinski definition) is 6. The first-order valence-electron chi connectivity index (χ1n) is 14.0. The summed E-state index contributed by atoms with van der Waals surface area (Å²) in [5.41, 5.74) is 8.09. The van der Waals surface area contributed by atoms with Crippen LogP contribution in [-0.4, -0.2) is 58.5 Å². The molecule has 7 nitrogen and oxygen atoms in total. The monoisotopic (exact) mass is 582 g/mol. The number of rotatable bonds is 7. The maximum Gasteiger partial charge on any atom is 0.290 e. The van der Waals surface area contributed by atoms with Crippen molar-refractivity contribution in [2.45, 2.75) is 18.9 Å². The highest BCUT2D eigenvalue weighted by atomic mass is 35.5. The Bertz CT molecular complexity index is 1560. The van der Waals surface area contributed by atoms with E-state index < -0.39 is 5.54 Å². The molecule has 6 rings (SSSR count). The molecule has 2 aliphatic heterocycles. The Hall–Kier alpha value is -4.27. The van der Waals surface area contributed by atoms with E-state index in [9.17, 15) is 9.18 Å². The van der Waals surface area contributed by atoms with E-state index in [1.165, 1.54) is 30.1 Å². The summed E-state index contributed by atoms with van der Waals surface area (Å²) in [6.07, 6.45) is 5.22. The van der Waals surface area contributed by atoms with Gasteiger partial charge < -0.3 is 4.90 Å². The summed E-state index contributed by atoms with van der Waals surface area (Å²) in [6.45, 7) is 6.29. The Morgan fingerprint density at radius 3 is 2.29 bits per heavy atom. The van der Waals surface area contributed by atoms with Gasteiger partial charge in [-0.1, -0.05) is 54.1 Å². The molecule has 1 N–H and O–H groups in total. The summed E-state index contributed by atoms with van der Waals surface area (Å²) in [4.78, 5) is 26.6. The van der Waals surface area contributed by atoms with Crippen LogP contribution in [0.3, 0.4) is 0 Å². The Morgan fingerprint density at radius 2 is 1.62 bits per heavy atom. The quantitative estimate of drug-likeness (QED) is 0.303. The molecular weight excluding hydrogens is 551 g/mol. The van der Waals surface area contributed by atoms with Crippen molar-refractivity contribution in [3.63, 3.8) is 0 Å². The molecule has 0 saturated carbocycles. The van der Waals surface area contributed by atoms with E-state index in [4.69, 9.17) is 11.6 Å². The Kier molecular flexibility index (Phi) is 7.91. The highest BCUT2D eigenvalue weighted by Crippen LogP contribution is 2.48. The zero-order valence-electron chi connectivity index (χ0n) is 23.4. The lowest BCUT2D eigenvalue weighted by molar-refractivity contribution is 0.0688. The van der Waals surface area contributed by atoms with E-state index in [0.29, 0.717) is 11.4 Å². The van der Waals surface area contributed by atoms with Crippen LogP contribution in [0.4, 0.5) is 10.1 Å². The Labute approximate surface area is 250 Å². The molecule has 1 fully saturated rings. The van der Waals surface area contributed by atoms with E-state index in [-0.39, 0.29) is 17.4 Å². The number of carbonyl (C=O) groups excluding carboxylic acids is 1. The number of benzene rings is 3. The molecule has 4 aromatic rings. The van der Waals surface area contributed by atoms with Gasteiger partial charge >= 0.3 is 0 Å². The minimum Gasteiger partial charge on any atom is -0.369 e. The average Bonchev–Trinajstić information content (AvgIpc) is 3.30. The molecule has 1 saturated heterocycles. The van der Waals surface area contributed by atoms with E-state index in [1.54, 1.807) is 6.20 Å². The van der Waals surface area contributed by atoms with Crippen LogP contribution in [-0.2, 0) is 5.54 Å². The van der Waals surface area contributed by atoms with Crippen LogP contribution in [0.5, 0.6) is 0 Å². The third-order valence-electron chi connectivity index (χ3n) is 8.26. The van der Waals surface area contributed by atoms with Gasteiger partial charge in [-0.05, 0) is 60.0 Å². The number of nitrogens with one attached hydrogen (secondary N) is 1. The maximum atomic E-state index is 13.5. The Balaban J connectivity index is 1.32. The molecule has 0 aliphatic carbocycles. The third kappa shape index (κ3) is 5.47. The lowest BCUT2D eigenvalue weighted by Crippen LogP contribution is -2.52. The number of aromatic nitrogens is 2. The predicted octanol–water partition coefficient (Wildman–Crippen LogP) is 5.66. The molecule has 1 atom stereocenters. The summed E-state index contributed by atoms with van der Waals surface area (Å²) in [7, 11) is 0. The normalized spacial score (nSPS) is 19.3. The summed E-state index contributed by atoms with van der Waals surface area (Å²) in [5.74, 6) is -0.551. The molecular formula is C33H32ClFN6O. The zero-order chi connectivity index (χ0) is 29.1. The minimum absolute atomic E-state index is 0.223. The van der Waals surface area contributed by atoms with Crippen LogP contribution >= 0.6 is 11.6 Å². The fourth-order valence-corrected chi connectivity index (χ4v) is 6.17. The molecule has 0 spiro atoms. The number of piperazine rings is 1. The van der Waals surface area contributed by atoms with Gasteiger partial charge in [-0.3, -0.25) is 25.1 Å². The van der Waals surface area contributed by atoms with Gasteiger partial charge in [0.1, 0.15) is 17.1 Å². The summed E-state index contributed by atoms with van der Waals surface area (Å²) in [5, 5.41) is 2.66. The van der Waals surface area contributed by atoms with Gasteiger partial charge in [0.15, 0.2) is 0 Å². The average molecular weight is 583 g/mol. The fourth-order valence-electron chi connectivity index (χ4n) is 6.04. The van der Waals surface area contributed by atoms with Crippen molar-refractivity contribution in [3.05, 3.63) is 136 Å². The Morgan fingerprint density at radius 1 is 0.929 bits per heavy atom. The van der Waals surface area contributed by atoms with Gasteiger partial charge in [-0.15, -0.1) is 0 Å². The molecule has 0 bridgehead atoms. The molecule has 9 heteroatoms. The van der Waals surface area contributed by atoms with E-state index in [0.717, 1.165) is 55.2 Å². The molecule has 42 heavy (non-hydrogen) atoms. The molecule has 214 valence electrons. The molecule has 1 aromatic heterocycles. The van der Waals surface area contributed by atoms with Gasteiger partial charge in [0, 0.05) is 67.9 Å². The van der Waals surface area contributed by atoms with E-state index in [1.807, 2.05) is 59.6 Å². The summed E-state index contributed by atoms with van der Waals surface area (Å²) < 4.78 is 13.4. The van der Waals surface area contributed by atoms with Crippen molar-refractivity contribution in [3.8, 4) is 0 Å². The lowest BCUT2D eigenvalue weighted by atomic mass is 9.79. The first-order valence-corrected chi connectivity index (χ1v) is 14.4. The number of hydrazine groups is 1. The zero-order valence-corrected chi connectivity index (χ0v) is 24.1. The number of halogens is 2. The summed E-state index contributed by atoms with van der Waals surface area (Å²) >= 11 is 6.32. The van der Waals surface area contributed by atoms with Crippen molar-refractivity contribution in [1.29, 1.82) is 0 Å². The molecule has 0 radical (unpaired) electrons. The van der Waals surface area contributed by atoms with Crippen LogP contribution in [0.2, 0.25) is 5.02 Å². The number of hydrogen-bond donors (Lipinski definition) is 1. The molecule has 1 unspecified atom stereocenters. The number of anilines is 1. The second kappa shape index (κ2) is 11.9. The van der Waals surface area contributed by atoms with Crippen LogP contribution in [0.25, 0.3) is 0 Å². The van der Waals surface area contributed by atoms with Crippen molar-refractivity contribution < 1.29 is 9.18 Å². The number of carbonyl (C=O) groups is 1. The topological polar surface area (TPSA) is 64.6 Å². The maximum absolute atomic E-state index is 13.5. The fraction of sp³-hybridized carbons (Fsp3) is 0.242. The van der Waals surface area contributed by atoms with Gasteiger partial charge in [-0.2, -0.15) is 0 Å². The van der Waals surface area contributed by atoms with Crippen LogP contribution in [0.15, 0.2) is 109 Å². The largest absolute Gasteiger partial charge is 0.369 e. The van der Waals surface area contributed by atoms with Crippen molar-refractivity contribution in [2.75, 3.05) is 37.6 Å². The van der Waals surface area contributed by atoms with E-state index in [2.05, 4.69) is 44.3 Å². The first kappa shape index (κ1) is 27.9. The highest BCUT2D eigenvalue weighted by molar-refractivity contribution is 6.30. The van der Waals surface area contributed by atoms with Crippen LogP contribution < -0.4 is 10.3 Å². The molecule has 1 amide bonds. The van der Waals surface area contributed by atoms with Gasteiger partial charge in [-0.25, -0.2) is 9.37 Å². The predicted molar refractivity (Wildman–Crippen MR) is 162 cm³/mol. The van der Waals surface area contributed by atoms with E-state index >= 15 is 0 Å². The van der Waals surface area contributed by atoms with Crippen molar-refractivity contribution in [2.24, 2.45) is 0 Å². The molecule has 2 aliphatic rings. The molecule has 3 heterocycles. The number of allylic oxidation sites excluding steroid dienone is 1. The third-order valence-corrected chi connectivity index (χ3v) is 8.51. The number of nitrogens with zero attached hydrogens (tertiary/aromatic N) is 5. The SMILES string of the molecule is CC1=C(CN2CCN(c3ccc(F)cc3)CC2)CC(c2ccccc2)(c2ccc(Cl)cc2)N1NC(=O)c1cnccn1. The highest BCUT2D eigenvalue weighted by Gasteiger charge is 2.48. The minimum atomic E-state index is -0.695. The summed E-state index contributed by atoms with van der Waals surface area (Å²) in [6, 6.07) is 24.8. The lowest BCUT2D eigenvalue weighted by Gasteiger charge is -2.42. The first-order chi connectivity index (χ1) is 20.4. The molecule has 3 aromatic carbocycles.